The second-order valence-electron chi connectivity index (χ2n) is 1.97. The monoisotopic (exact) mass is 857 g/mol. The molecule has 0 aliphatic carbocycles. The minimum atomic E-state index is -5.17. The Hall–Kier alpha value is 0.849. The molecule has 2 radical (unpaired) electrons. The van der Waals surface area contributed by atoms with Crippen LogP contribution in [0.4, 0.5) is 14.4 Å². The van der Waals surface area contributed by atoms with Crippen LogP contribution in [0.15, 0.2) is 0 Å². The molecule has 0 unspecified atom stereocenters. The first-order chi connectivity index (χ1) is 11.2. The van der Waals surface area contributed by atoms with Crippen LogP contribution < -0.4 is 30.6 Å². The van der Waals surface area contributed by atoms with Gasteiger partial charge in [-0.2, -0.15) is 0 Å². The molecule has 0 saturated heterocycles. The van der Waals surface area contributed by atoms with Crippen LogP contribution in [0.2, 0.25) is 0 Å². The molecule has 31 heavy (non-hydrogen) atoms. The summed E-state index contributed by atoms with van der Waals surface area (Å²) >= 11 is 0. The largest absolute Gasteiger partial charge is 3.00 e. The summed E-state index contributed by atoms with van der Waals surface area (Å²) in [5.41, 5.74) is 0. The van der Waals surface area contributed by atoms with Crippen LogP contribution in [-0.2, 0) is 65.3 Å². The van der Waals surface area contributed by atoms with E-state index in [4.69, 9.17) is 97.6 Å². The average molecular weight is 858 g/mol. The number of carboxylic acid groups (broad SMARTS) is 6. The zero-order valence-corrected chi connectivity index (χ0v) is 25.1. The molecule has 28 heteroatoms. The van der Waals surface area contributed by atoms with Crippen LogP contribution in [0.25, 0.3) is 0 Å². The third kappa shape index (κ3) is 35700. The van der Waals surface area contributed by atoms with Gasteiger partial charge in [0, 0.05) is 31.2 Å². The smallest absolute Gasteiger partial charge is 0.759 e. The second-order valence-corrected chi connectivity index (χ2v) is 4.42. The van der Waals surface area contributed by atoms with E-state index < -0.39 is 49.7 Å². The third-order valence-corrected chi connectivity index (χ3v) is 0. The number of carbonyl (C=O) groups excluding carboxylic acids is 3. The molecule has 0 saturated carbocycles. The maximum absolute atomic E-state index is 8.52. The molecule has 0 aromatic carbocycles. The van der Waals surface area contributed by atoms with E-state index >= 15 is 0 Å². The van der Waals surface area contributed by atoms with Crippen LogP contribution in [0, 0.1) is 71.2 Å². The minimum Gasteiger partial charge on any atom is -0.759 e. The van der Waals surface area contributed by atoms with E-state index in [2.05, 4.69) is 0 Å². The van der Waals surface area contributed by atoms with Crippen LogP contribution in [0.3, 0.4) is 0 Å². The minimum absolute atomic E-state index is 0. The Morgan fingerprint density at radius 3 is 0.387 bits per heavy atom. The number of hydrogen-bond acceptors (Lipinski definition) is 21. The molecule has 178 valence electrons. The Bertz CT molecular complexity index is 575. The Balaban J connectivity index is -0.0000000209. The molecule has 0 amide bonds. The van der Waals surface area contributed by atoms with Crippen LogP contribution >= 0.6 is 0 Å². The van der Waals surface area contributed by atoms with Crippen molar-refractivity contribution >= 4 is 49.7 Å². The van der Waals surface area contributed by atoms with Crippen LogP contribution in [-0.4, -0.2) is 71.0 Å². The van der Waals surface area contributed by atoms with Crippen molar-refractivity contribution in [2.24, 2.45) is 0 Å². The molecule has 0 N–H and O–H groups in total. The first kappa shape index (κ1) is 63.5. The van der Waals surface area contributed by atoms with Gasteiger partial charge in [-0.3, -0.25) is 25.3 Å². The normalized spacial score (nSPS) is 7.94. The van der Waals surface area contributed by atoms with Crippen LogP contribution in [0.5, 0.6) is 0 Å². The summed E-state index contributed by atoms with van der Waals surface area (Å²) < 4.78 is 102. The van der Waals surface area contributed by atoms with Gasteiger partial charge in [0.25, 0.3) is 0 Å². The molecule has 21 nitrogen and oxygen atoms in total. The van der Waals surface area contributed by atoms with E-state index in [0.717, 1.165) is 0 Å². The predicted octanol–water partition coefficient (Wildman–Crippen LogP) is -11.4. The molecule has 0 aliphatic rings. The molecule has 0 aromatic rings. The number of hydrogen-bond donors (Lipinski definition) is 0. The van der Waals surface area contributed by atoms with E-state index in [1.807, 2.05) is 0 Å². The molecule has 0 aromatic heterocycles. The van der Waals surface area contributed by atoms with E-state index in [1.165, 1.54) is 0 Å². The van der Waals surface area contributed by atoms with Gasteiger partial charge in [-0.05, 0) is 18.5 Å². The summed E-state index contributed by atoms with van der Waals surface area (Å²) in [6, 6.07) is 0. The average Bonchev–Trinajstić information content (AvgIpc) is 2.01. The van der Waals surface area contributed by atoms with E-state index in [0.29, 0.717) is 0 Å². The van der Waals surface area contributed by atoms with E-state index in [1.54, 1.807) is 0 Å². The maximum atomic E-state index is 8.52. The molecule has 0 heterocycles. The Morgan fingerprint density at radius 2 is 0.387 bits per heavy atom. The van der Waals surface area contributed by atoms with Gasteiger partial charge >= 0.3 is 105 Å². The summed E-state index contributed by atoms with van der Waals surface area (Å²) in [7, 11) is -15.5. The zero-order valence-electron chi connectivity index (χ0n) is 13.2. The third-order valence-electron chi connectivity index (χ3n) is 0. The van der Waals surface area contributed by atoms with Gasteiger partial charge in [-0.25, -0.2) is 0 Å². The number of rotatable bonds is 0. The van der Waals surface area contributed by atoms with Gasteiger partial charge in [0.2, 0.25) is 0 Å². The standard InChI is InChI=1S/3CH2O3.2Fe.2La.3H2O4S/c3*2-1(3)4;;;;;3*1-5(2,3)4/h3*(H2,2,3,4);;;;;3*(H2,1,2,3,4)/q;;;4*+3;;;/p-12. The first-order valence-corrected chi connectivity index (χ1v) is 7.84. The van der Waals surface area contributed by atoms with Crippen molar-refractivity contribution in [3.8, 4) is 0 Å². The van der Waals surface area contributed by atoms with Crippen molar-refractivity contribution in [1.29, 1.82) is 0 Å². The SMILES string of the molecule is O=C([O-])[O-].O=C([O-])[O-].O=C([O-])[O-].O=S(=O)([O-])[O-].O=S(=O)([O-])[O-].O=S(=O)([O-])[O-].[Fe+3].[Fe+3].[La+3].[La+3]. The maximum Gasteiger partial charge on any atom is 3.00 e. The van der Waals surface area contributed by atoms with Gasteiger partial charge in [0.05, 0.1) is 0 Å². The molecular formula is C3Fe2La2O21S3. The second kappa shape index (κ2) is 35.4. The van der Waals surface area contributed by atoms with Crippen molar-refractivity contribution in [2.75, 3.05) is 0 Å². The topological polar surface area (TPSA) is 430 Å². The predicted molar refractivity (Wildman–Crippen MR) is 47.6 cm³/mol. The van der Waals surface area contributed by atoms with Gasteiger partial charge in [0.15, 0.2) is 0 Å². The quantitative estimate of drug-likeness (QED) is 0.124. The zero-order chi connectivity index (χ0) is 24.2. The van der Waals surface area contributed by atoms with Gasteiger partial charge in [-0.15, -0.1) is 0 Å². The molecule has 0 rings (SSSR count). The number of carbonyl (C=O) groups is 3. The van der Waals surface area contributed by atoms with Crippen molar-refractivity contribution in [3.63, 3.8) is 0 Å². The molecule has 0 spiro atoms. The van der Waals surface area contributed by atoms with Crippen LogP contribution in [0.1, 0.15) is 0 Å². The van der Waals surface area contributed by atoms with E-state index in [-0.39, 0.29) is 105 Å². The summed E-state index contributed by atoms with van der Waals surface area (Å²) in [5, 5.41) is 50.0. The molecular weight excluding hydrogens is 858 g/mol. The van der Waals surface area contributed by atoms with E-state index in [9.17, 15) is 0 Å². The fraction of sp³-hybridized carbons (Fsp3) is 0. The Morgan fingerprint density at radius 1 is 0.387 bits per heavy atom. The van der Waals surface area contributed by atoms with Crippen molar-refractivity contribution < 1.29 is 203 Å². The molecule has 0 aliphatic heterocycles. The van der Waals surface area contributed by atoms with Crippen molar-refractivity contribution in [2.45, 2.75) is 0 Å². The summed E-state index contributed by atoms with van der Waals surface area (Å²) in [4.78, 5) is 25.0. The Kier molecular flexibility index (Phi) is 72.6. The molecule has 0 fully saturated rings. The van der Waals surface area contributed by atoms with Gasteiger partial charge < -0.3 is 72.3 Å². The first-order valence-electron chi connectivity index (χ1n) is 3.84. The fourth-order valence-corrected chi connectivity index (χ4v) is 0. The summed E-state index contributed by atoms with van der Waals surface area (Å²) in [5.74, 6) is 0. The summed E-state index contributed by atoms with van der Waals surface area (Å²) in [6.45, 7) is 0. The van der Waals surface area contributed by atoms with Crippen molar-refractivity contribution in [3.05, 3.63) is 0 Å². The van der Waals surface area contributed by atoms with Crippen molar-refractivity contribution in [1.82, 2.24) is 0 Å². The summed E-state index contributed by atoms with van der Waals surface area (Å²) in [6.07, 6.45) is -7.00. The Labute approximate surface area is 249 Å². The van der Waals surface area contributed by atoms with Gasteiger partial charge in [-0.1, -0.05) is 0 Å². The molecule has 0 atom stereocenters. The molecule has 0 bridgehead atoms. The van der Waals surface area contributed by atoms with Gasteiger partial charge in [0.1, 0.15) is 0 Å². The fourth-order valence-electron chi connectivity index (χ4n) is 0.